The lowest BCUT2D eigenvalue weighted by Gasteiger charge is -2.25. The summed E-state index contributed by atoms with van der Waals surface area (Å²) >= 11 is 0. The summed E-state index contributed by atoms with van der Waals surface area (Å²) in [6.07, 6.45) is 4.57. The topological polar surface area (TPSA) is 50.2 Å². The smallest absolute Gasteiger partial charge is 0.250 e. The SMILES string of the molecule is Cc1cn(C(C)(C)C(=O)Nc2ccc(CCN(C)C)cc2)cn1. The molecule has 1 aromatic carbocycles. The van der Waals surface area contributed by atoms with Crippen molar-refractivity contribution >= 4 is 11.6 Å². The Morgan fingerprint density at radius 2 is 1.91 bits per heavy atom. The Balaban J connectivity index is 2.02. The van der Waals surface area contributed by atoms with Crippen molar-refractivity contribution in [3.05, 3.63) is 48.0 Å². The Kier molecular flexibility index (Phi) is 5.21. The van der Waals surface area contributed by atoms with Gasteiger partial charge in [-0.05, 0) is 59.0 Å². The summed E-state index contributed by atoms with van der Waals surface area (Å²) in [5, 5.41) is 2.98. The van der Waals surface area contributed by atoms with Crippen molar-refractivity contribution in [3.63, 3.8) is 0 Å². The molecule has 1 N–H and O–H groups in total. The van der Waals surface area contributed by atoms with Gasteiger partial charge in [0.25, 0.3) is 0 Å². The van der Waals surface area contributed by atoms with Crippen molar-refractivity contribution in [3.8, 4) is 0 Å². The Bertz CT molecular complexity index is 656. The van der Waals surface area contributed by atoms with Crippen molar-refractivity contribution in [2.45, 2.75) is 32.7 Å². The number of imidazole rings is 1. The molecule has 0 aliphatic carbocycles. The second-order valence-electron chi connectivity index (χ2n) is 6.69. The molecular weight excluding hydrogens is 288 g/mol. The van der Waals surface area contributed by atoms with Gasteiger partial charge >= 0.3 is 0 Å². The number of hydrogen-bond acceptors (Lipinski definition) is 3. The first-order valence-corrected chi connectivity index (χ1v) is 7.85. The fourth-order valence-corrected chi connectivity index (χ4v) is 2.24. The van der Waals surface area contributed by atoms with Gasteiger partial charge in [-0.2, -0.15) is 0 Å². The molecule has 0 bridgehead atoms. The molecule has 0 aliphatic rings. The molecule has 5 heteroatoms. The van der Waals surface area contributed by atoms with Gasteiger partial charge in [0.15, 0.2) is 0 Å². The van der Waals surface area contributed by atoms with E-state index in [-0.39, 0.29) is 5.91 Å². The third kappa shape index (κ3) is 4.42. The molecule has 0 atom stereocenters. The van der Waals surface area contributed by atoms with E-state index in [0.29, 0.717) is 0 Å². The van der Waals surface area contributed by atoms with Gasteiger partial charge in [0.05, 0.1) is 12.0 Å². The molecule has 124 valence electrons. The molecule has 1 amide bonds. The maximum Gasteiger partial charge on any atom is 0.250 e. The summed E-state index contributed by atoms with van der Waals surface area (Å²) in [7, 11) is 4.13. The van der Waals surface area contributed by atoms with E-state index in [1.165, 1.54) is 5.56 Å². The first kappa shape index (κ1) is 17.2. The molecule has 1 aromatic heterocycles. The maximum atomic E-state index is 12.6. The van der Waals surface area contributed by atoms with Crippen molar-refractivity contribution in [1.82, 2.24) is 14.5 Å². The van der Waals surface area contributed by atoms with Gasteiger partial charge in [-0.3, -0.25) is 4.79 Å². The van der Waals surface area contributed by atoms with Crippen LogP contribution in [-0.4, -0.2) is 41.0 Å². The van der Waals surface area contributed by atoms with Crippen LogP contribution in [0.25, 0.3) is 0 Å². The lowest BCUT2D eigenvalue weighted by Crippen LogP contribution is -2.39. The van der Waals surface area contributed by atoms with Crippen LogP contribution in [0.5, 0.6) is 0 Å². The number of aromatic nitrogens is 2. The van der Waals surface area contributed by atoms with Crippen molar-refractivity contribution in [2.75, 3.05) is 26.0 Å². The summed E-state index contributed by atoms with van der Waals surface area (Å²) in [5.74, 6) is -0.0593. The summed E-state index contributed by atoms with van der Waals surface area (Å²) in [5.41, 5.74) is 2.29. The highest BCUT2D eigenvalue weighted by Crippen LogP contribution is 2.19. The Hall–Kier alpha value is -2.14. The van der Waals surface area contributed by atoms with E-state index in [9.17, 15) is 4.79 Å². The summed E-state index contributed by atoms with van der Waals surface area (Å²) in [6, 6.07) is 8.04. The number of hydrogen-bond donors (Lipinski definition) is 1. The molecular formula is C18H26N4O. The third-order valence-corrected chi connectivity index (χ3v) is 3.97. The minimum atomic E-state index is -0.690. The second-order valence-corrected chi connectivity index (χ2v) is 6.69. The van der Waals surface area contributed by atoms with E-state index in [0.717, 1.165) is 24.3 Å². The summed E-state index contributed by atoms with van der Waals surface area (Å²) < 4.78 is 1.84. The van der Waals surface area contributed by atoms with Crippen molar-refractivity contribution in [1.29, 1.82) is 0 Å². The monoisotopic (exact) mass is 314 g/mol. The number of carbonyl (C=O) groups excluding carboxylic acids is 1. The molecule has 0 saturated heterocycles. The van der Waals surface area contributed by atoms with E-state index >= 15 is 0 Å². The highest BCUT2D eigenvalue weighted by atomic mass is 16.2. The largest absolute Gasteiger partial charge is 0.324 e. The highest BCUT2D eigenvalue weighted by Gasteiger charge is 2.29. The number of nitrogens with zero attached hydrogens (tertiary/aromatic N) is 3. The molecule has 2 rings (SSSR count). The van der Waals surface area contributed by atoms with Crippen LogP contribution in [0.1, 0.15) is 25.1 Å². The number of carbonyl (C=O) groups is 1. The fourth-order valence-electron chi connectivity index (χ4n) is 2.24. The molecule has 1 heterocycles. The Morgan fingerprint density at radius 3 is 2.43 bits per heavy atom. The Labute approximate surface area is 138 Å². The van der Waals surface area contributed by atoms with Crippen LogP contribution in [0.3, 0.4) is 0 Å². The van der Waals surface area contributed by atoms with Gasteiger partial charge < -0.3 is 14.8 Å². The number of likely N-dealkylation sites (N-methyl/N-ethyl adjacent to an activating group) is 1. The number of amides is 1. The van der Waals surface area contributed by atoms with Crippen molar-refractivity contribution < 1.29 is 4.79 Å². The van der Waals surface area contributed by atoms with Crippen LogP contribution in [-0.2, 0) is 16.8 Å². The normalized spacial score (nSPS) is 11.7. The Morgan fingerprint density at radius 1 is 1.26 bits per heavy atom. The van der Waals surface area contributed by atoms with E-state index in [1.54, 1.807) is 6.33 Å². The zero-order valence-electron chi connectivity index (χ0n) is 14.6. The lowest BCUT2D eigenvalue weighted by atomic mass is 10.0. The van der Waals surface area contributed by atoms with E-state index < -0.39 is 5.54 Å². The molecule has 0 saturated carbocycles. The van der Waals surface area contributed by atoms with Gasteiger partial charge in [-0.1, -0.05) is 12.1 Å². The second kappa shape index (κ2) is 6.96. The molecule has 5 nitrogen and oxygen atoms in total. The predicted octanol–water partition coefficient (Wildman–Crippen LogP) is 2.67. The minimum Gasteiger partial charge on any atom is -0.324 e. The fraction of sp³-hybridized carbons (Fsp3) is 0.444. The number of aryl methyl sites for hydroxylation is 1. The van der Waals surface area contributed by atoms with Gasteiger partial charge in [0.1, 0.15) is 5.54 Å². The molecule has 0 spiro atoms. The lowest BCUT2D eigenvalue weighted by molar-refractivity contribution is -0.123. The van der Waals surface area contributed by atoms with E-state index in [4.69, 9.17) is 0 Å². The van der Waals surface area contributed by atoms with E-state index in [2.05, 4.69) is 41.4 Å². The van der Waals surface area contributed by atoms with Crippen LogP contribution in [0.2, 0.25) is 0 Å². The molecule has 23 heavy (non-hydrogen) atoms. The van der Waals surface area contributed by atoms with Gasteiger partial charge in [-0.15, -0.1) is 0 Å². The first-order chi connectivity index (χ1) is 10.8. The van der Waals surface area contributed by atoms with Gasteiger partial charge in [-0.25, -0.2) is 4.98 Å². The number of benzene rings is 1. The predicted molar refractivity (Wildman–Crippen MR) is 93.6 cm³/mol. The highest BCUT2D eigenvalue weighted by molar-refractivity contribution is 5.96. The molecule has 0 unspecified atom stereocenters. The molecule has 0 aliphatic heterocycles. The number of nitrogens with one attached hydrogen (secondary N) is 1. The average molecular weight is 314 g/mol. The number of rotatable bonds is 6. The van der Waals surface area contributed by atoms with Crippen LogP contribution >= 0.6 is 0 Å². The zero-order chi connectivity index (χ0) is 17.0. The van der Waals surface area contributed by atoms with Crippen LogP contribution < -0.4 is 5.32 Å². The quantitative estimate of drug-likeness (QED) is 0.892. The molecule has 0 fully saturated rings. The van der Waals surface area contributed by atoms with Crippen LogP contribution in [0, 0.1) is 6.92 Å². The first-order valence-electron chi connectivity index (χ1n) is 7.85. The van der Waals surface area contributed by atoms with Crippen LogP contribution in [0.15, 0.2) is 36.8 Å². The van der Waals surface area contributed by atoms with Gasteiger partial charge in [0, 0.05) is 18.4 Å². The third-order valence-electron chi connectivity index (χ3n) is 3.97. The molecule has 0 radical (unpaired) electrons. The average Bonchev–Trinajstić information content (AvgIpc) is 2.93. The summed E-state index contributed by atoms with van der Waals surface area (Å²) in [6.45, 7) is 6.69. The summed E-state index contributed by atoms with van der Waals surface area (Å²) in [4.78, 5) is 18.9. The van der Waals surface area contributed by atoms with Gasteiger partial charge in [0.2, 0.25) is 5.91 Å². The number of anilines is 1. The van der Waals surface area contributed by atoms with Crippen LogP contribution in [0.4, 0.5) is 5.69 Å². The molecule has 2 aromatic rings. The van der Waals surface area contributed by atoms with E-state index in [1.807, 2.05) is 43.7 Å². The minimum absolute atomic E-state index is 0.0593. The van der Waals surface area contributed by atoms with Crippen molar-refractivity contribution in [2.24, 2.45) is 0 Å². The standard InChI is InChI=1S/C18H26N4O/c1-14-12-22(13-19-14)18(2,3)17(23)20-16-8-6-15(7-9-16)10-11-21(4)5/h6-9,12-13H,10-11H2,1-5H3,(H,20,23). The maximum absolute atomic E-state index is 12.6. The zero-order valence-corrected chi connectivity index (χ0v) is 14.6.